The number of nitrogens with zero attached hydrogens (tertiary/aromatic N) is 3. The predicted octanol–water partition coefficient (Wildman–Crippen LogP) is 3.59. The maximum atomic E-state index is 11.4. The summed E-state index contributed by atoms with van der Waals surface area (Å²) in [5.41, 5.74) is 0.662. The minimum absolute atomic E-state index is 0.0708. The Balaban J connectivity index is 1.92. The van der Waals surface area contributed by atoms with Gasteiger partial charge in [0.25, 0.3) is 5.88 Å². The van der Waals surface area contributed by atoms with E-state index in [4.69, 9.17) is 9.47 Å². The number of ether oxygens (including phenoxy) is 2. The topological polar surface area (TPSA) is 86.5 Å². The van der Waals surface area contributed by atoms with Crippen LogP contribution < -0.4 is 9.47 Å². The fraction of sp³-hybridized carbons (Fsp3) is 0.118. The molecule has 2 aromatic carbocycles. The molecule has 0 atom stereocenters. The smallest absolute Gasteiger partial charge is 0.362 e. The van der Waals surface area contributed by atoms with Gasteiger partial charge in [-0.1, -0.05) is 39.3 Å². The second-order valence-electron chi connectivity index (χ2n) is 5.11. The number of carbonyl (C=O) groups is 1. The van der Waals surface area contributed by atoms with Crippen molar-refractivity contribution in [1.29, 1.82) is 0 Å². The molecule has 0 unspecified atom stereocenters. The lowest BCUT2D eigenvalue weighted by molar-refractivity contribution is 0.0687. The molecule has 0 aliphatic rings. The minimum atomic E-state index is -1.20. The number of aromatic nitrogens is 3. The van der Waals surface area contributed by atoms with E-state index >= 15 is 0 Å². The zero-order valence-electron chi connectivity index (χ0n) is 13.2. The average Bonchev–Trinajstić information content (AvgIpc) is 2.98. The van der Waals surface area contributed by atoms with E-state index in [0.29, 0.717) is 12.3 Å². The Bertz CT molecular complexity index is 893. The van der Waals surface area contributed by atoms with Gasteiger partial charge in [0, 0.05) is 4.47 Å². The van der Waals surface area contributed by atoms with Crippen LogP contribution in [0.15, 0.2) is 53.0 Å². The second kappa shape index (κ2) is 7.35. The first kappa shape index (κ1) is 17.0. The molecule has 0 bridgehead atoms. The van der Waals surface area contributed by atoms with E-state index in [-0.39, 0.29) is 11.6 Å². The number of aromatic carboxylic acids is 1. The molecule has 0 saturated heterocycles. The fourth-order valence-electron chi connectivity index (χ4n) is 2.19. The molecule has 8 heteroatoms. The lowest BCUT2D eigenvalue weighted by Crippen LogP contribution is -2.06. The molecule has 0 aliphatic heterocycles. The predicted molar refractivity (Wildman–Crippen MR) is 93.3 cm³/mol. The van der Waals surface area contributed by atoms with Crippen molar-refractivity contribution in [2.75, 3.05) is 7.11 Å². The Morgan fingerprint density at radius 1 is 1.20 bits per heavy atom. The Kier molecular flexibility index (Phi) is 4.99. The van der Waals surface area contributed by atoms with E-state index in [9.17, 15) is 9.90 Å². The van der Waals surface area contributed by atoms with Crippen molar-refractivity contribution < 1.29 is 19.4 Å². The van der Waals surface area contributed by atoms with Gasteiger partial charge < -0.3 is 14.6 Å². The van der Waals surface area contributed by atoms with Gasteiger partial charge in [0.1, 0.15) is 11.5 Å². The molecule has 1 N–H and O–H groups in total. The summed E-state index contributed by atoms with van der Waals surface area (Å²) in [5.74, 6) is 0.0849. The van der Waals surface area contributed by atoms with Crippen LogP contribution in [0.3, 0.4) is 0 Å². The van der Waals surface area contributed by atoms with Crippen molar-refractivity contribution in [3.05, 3.63) is 64.3 Å². The highest BCUT2D eigenvalue weighted by Crippen LogP contribution is 2.27. The van der Waals surface area contributed by atoms with Crippen LogP contribution in [0.1, 0.15) is 16.1 Å². The molecule has 0 fully saturated rings. The summed E-state index contributed by atoms with van der Waals surface area (Å²) in [5, 5.41) is 17.0. The van der Waals surface area contributed by atoms with Crippen LogP contribution in [-0.2, 0) is 6.54 Å². The monoisotopic (exact) mass is 403 g/mol. The van der Waals surface area contributed by atoms with Crippen molar-refractivity contribution >= 4 is 21.9 Å². The molecule has 0 amide bonds. The van der Waals surface area contributed by atoms with Crippen molar-refractivity contribution in [2.45, 2.75) is 6.54 Å². The molecule has 0 spiro atoms. The number of methoxy groups -OCH3 is 1. The Morgan fingerprint density at radius 3 is 2.60 bits per heavy atom. The molecule has 3 aromatic rings. The zero-order valence-corrected chi connectivity index (χ0v) is 14.8. The molecule has 128 valence electrons. The lowest BCUT2D eigenvalue weighted by Gasteiger charge is -2.09. The largest absolute Gasteiger partial charge is 0.497 e. The summed E-state index contributed by atoms with van der Waals surface area (Å²) >= 11 is 3.35. The highest BCUT2D eigenvalue weighted by Gasteiger charge is 2.21. The van der Waals surface area contributed by atoms with E-state index in [0.717, 1.165) is 15.8 Å². The van der Waals surface area contributed by atoms with Crippen LogP contribution >= 0.6 is 15.9 Å². The molecular weight excluding hydrogens is 390 g/mol. The normalized spacial score (nSPS) is 10.5. The minimum Gasteiger partial charge on any atom is -0.497 e. The molecule has 1 aromatic heterocycles. The average molecular weight is 404 g/mol. The molecular formula is C17H14BrN3O4. The first-order valence-corrected chi connectivity index (χ1v) is 8.09. The van der Waals surface area contributed by atoms with E-state index in [2.05, 4.69) is 26.2 Å². The number of rotatable bonds is 6. The van der Waals surface area contributed by atoms with Crippen molar-refractivity contribution in [3.63, 3.8) is 0 Å². The highest BCUT2D eigenvalue weighted by atomic mass is 79.9. The molecule has 25 heavy (non-hydrogen) atoms. The van der Waals surface area contributed by atoms with Gasteiger partial charge >= 0.3 is 5.97 Å². The number of hydrogen-bond acceptors (Lipinski definition) is 5. The van der Waals surface area contributed by atoms with Gasteiger partial charge in [0.15, 0.2) is 0 Å². The van der Waals surface area contributed by atoms with Crippen LogP contribution in [-0.4, -0.2) is 33.2 Å². The third-order valence-corrected chi connectivity index (χ3v) is 3.89. The maximum absolute atomic E-state index is 11.4. The number of benzene rings is 2. The first-order chi connectivity index (χ1) is 12.1. The molecule has 0 saturated carbocycles. The van der Waals surface area contributed by atoms with E-state index in [1.807, 2.05) is 30.3 Å². The van der Waals surface area contributed by atoms with Gasteiger partial charge in [-0.15, -0.1) is 5.10 Å². The van der Waals surface area contributed by atoms with Crippen molar-refractivity contribution in [1.82, 2.24) is 15.0 Å². The second-order valence-corrected chi connectivity index (χ2v) is 6.03. The van der Waals surface area contributed by atoms with Gasteiger partial charge in [-0.2, -0.15) is 0 Å². The standard InChI is InChI=1S/C17H14BrN3O4/c1-24-13-7-5-11(6-8-13)10-21-16(15(17(22)23)19-20-21)25-14-4-2-3-12(18)9-14/h2-9H,10H2,1H3,(H,22,23). The van der Waals surface area contributed by atoms with Crippen LogP contribution in [0.5, 0.6) is 17.4 Å². The van der Waals surface area contributed by atoms with Crippen molar-refractivity contribution in [3.8, 4) is 17.4 Å². The molecule has 3 rings (SSSR count). The van der Waals surface area contributed by atoms with Gasteiger partial charge in [0.05, 0.1) is 13.7 Å². The maximum Gasteiger partial charge on any atom is 0.362 e. The number of hydrogen-bond donors (Lipinski definition) is 1. The third kappa shape index (κ3) is 3.97. The summed E-state index contributed by atoms with van der Waals surface area (Å²) < 4.78 is 13.1. The van der Waals surface area contributed by atoms with Gasteiger partial charge in [0.2, 0.25) is 5.69 Å². The lowest BCUT2D eigenvalue weighted by atomic mass is 10.2. The fourth-order valence-corrected chi connectivity index (χ4v) is 2.57. The van der Waals surface area contributed by atoms with Crippen LogP contribution in [0, 0.1) is 0 Å². The summed E-state index contributed by atoms with van der Waals surface area (Å²) in [6.07, 6.45) is 0. The summed E-state index contributed by atoms with van der Waals surface area (Å²) in [7, 11) is 1.59. The third-order valence-electron chi connectivity index (χ3n) is 3.39. The molecule has 7 nitrogen and oxygen atoms in total. The van der Waals surface area contributed by atoms with E-state index < -0.39 is 5.97 Å². The van der Waals surface area contributed by atoms with Crippen LogP contribution in [0.2, 0.25) is 0 Å². The number of carboxylic acid groups (broad SMARTS) is 1. The number of halogens is 1. The zero-order chi connectivity index (χ0) is 17.8. The quantitative estimate of drug-likeness (QED) is 0.676. The van der Waals surface area contributed by atoms with Crippen LogP contribution in [0.25, 0.3) is 0 Å². The highest BCUT2D eigenvalue weighted by molar-refractivity contribution is 9.10. The SMILES string of the molecule is COc1ccc(Cn2nnc(C(=O)O)c2Oc2cccc(Br)c2)cc1. The van der Waals surface area contributed by atoms with E-state index in [1.54, 1.807) is 25.3 Å². The molecule has 0 radical (unpaired) electrons. The van der Waals surface area contributed by atoms with Crippen molar-refractivity contribution in [2.24, 2.45) is 0 Å². The molecule has 1 heterocycles. The number of carboxylic acids is 1. The Hall–Kier alpha value is -2.87. The summed E-state index contributed by atoms with van der Waals surface area (Å²) in [4.78, 5) is 11.4. The Morgan fingerprint density at radius 2 is 1.96 bits per heavy atom. The van der Waals surface area contributed by atoms with E-state index in [1.165, 1.54) is 4.68 Å². The van der Waals surface area contributed by atoms with Gasteiger partial charge in [-0.05, 0) is 35.9 Å². The first-order valence-electron chi connectivity index (χ1n) is 7.30. The summed E-state index contributed by atoms with van der Waals surface area (Å²) in [6.45, 7) is 0.313. The molecule has 0 aliphatic carbocycles. The van der Waals surface area contributed by atoms with Gasteiger partial charge in [-0.25, -0.2) is 9.48 Å². The van der Waals surface area contributed by atoms with Gasteiger partial charge in [-0.3, -0.25) is 0 Å². The summed E-state index contributed by atoms with van der Waals surface area (Å²) in [6, 6.07) is 14.5. The van der Waals surface area contributed by atoms with Crippen LogP contribution in [0.4, 0.5) is 0 Å². The Labute approximate surface area is 151 Å².